The molecule has 1 N–H and O–H groups in total. The Balaban J connectivity index is 1.51. The first-order chi connectivity index (χ1) is 13.1. The Morgan fingerprint density at radius 2 is 1.93 bits per heavy atom. The van der Waals surface area contributed by atoms with Gasteiger partial charge in [0.2, 0.25) is 0 Å². The van der Waals surface area contributed by atoms with Gasteiger partial charge in [-0.05, 0) is 31.5 Å². The molecule has 7 heteroatoms. The van der Waals surface area contributed by atoms with Crippen molar-refractivity contribution in [1.82, 2.24) is 20.0 Å². The lowest BCUT2D eigenvalue weighted by atomic mass is 10.0. The van der Waals surface area contributed by atoms with Crippen molar-refractivity contribution in [2.45, 2.75) is 13.8 Å². The van der Waals surface area contributed by atoms with E-state index in [-0.39, 0.29) is 11.6 Å². The molecule has 134 valence electrons. The molecule has 27 heavy (non-hydrogen) atoms. The number of nitrogens with zero attached hydrogens (tertiary/aromatic N) is 4. The number of amides is 1. The number of nitrogens with one attached hydrogen (secondary N) is 1. The second-order valence-electron chi connectivity index (χ2n) is 6.19. The summed E-state index contributed by atoms with van der Waals surface area (Å²) in [6.45, 7) is 4.12. The maximum absolute atomic E-state index is 12.5. The topological polar surface area (TPSA) is 72.7 Å². The molecule has 0 aliphatic heterocycles. The van der Waals surface area contributed by atoms with E-state index < -0.39 is 0 Å². The summed E-state index contributed by atoms with van der Waals surface area (Å²) in [6.07, 6.45) is 1.60. The van der Waals surface area contributed by atoms with Gasteiger partial charge in [0.05, 0.1) is 17.6 Å². The van der Waals surface area contributed by atoms with Gasteiger partial charge in [0.15, 0.2) is 10.8 Å². The van der Waals surface area contributed by atoms with Gasteiger partial charge in [-0.3, -0.25) is 10.1 Å². The van der Waals surface area contributed by atoms with Gasteiger partial charge < -0.3 is 0 Å². The van der Waals surface area contributed by atoms with Crippen molar-refractivity contribution >= 4 is 22.4 Å². The average Bonchev–Trinajstić information content (AvgIpc) is 3.32. The highest BCUT2D eigenvalue weighted by Gasteiger charge is 2.14. The molecule has 0 atom stereocenters. The minimum Gasteiger partial charge on any atom is -0.296 e. The first-order valence-corrected chi connectivity index (χ1v) is 9.30. The van der Waals surface area contributed by atoms with Crippen molar-refractivity contribution in [2.75, 3.05) is 5.32 Å². The summed E-state index contributed by atoms with van der Waals surface area (Å²) >= 11 is 1.39. The maximum atomic E-state index is 12.5. The van der Waals surface area contributed by atoms with Crippen LogP contribution in [-0.2, 0) is 0 Å². The minimum absolute atomic E-state index is 0.238. The summed E-state index contributed by atoms with van der Waals surface area (Å²) in [7, 11) is 0. The molecule has 0 saturated carbocycles. The number of carbonyl (C=O) groups excluding carboxylic acids is 1. The predicted octanol–water partition coefficient (Wildman–Crippen LogP) is 4.26. The van der Waals surface area contributed by atoms with Crippen LogP contribution in [0.1, 0.15) is 21.6 Å². The lowest BCUT2D eigenvalue weighted by Crippen LogP contribution is -2.12. The zero-order valence-electron chi connectivity index (χ0n) is 14.9. The third kappa shape index (κ3) is 3.63. The molecule has 1 amide bonds. The lowest BCUT2D eigenvalue weighted by molar-refractivity contribution is 0.102. The van der Waals surface area contributed by atoms with Crippen LogP contribution in [0.4, 0.5) is 5.13 Å². The Labute approximate surface area is 160 Å². The second kappa shape index (κ2) is 7.13. The monoisotopic (exact) mass is 375 g/mol. The molecule has 0 unspecified atom stereocenters. The van der Waals surface area contributed by atoms with Crippen molar-refractivity contribution in [3.8, 4) is 16.9 Å². The zero-order chi connectivity index (χ0) is 18.8. The van der Waals surface area contributed by atoms with Gasteiger partial charge in [-0.2, -0.15) is 0 Å². The molecule has 0 spiro atoms. The van der Waals surface area contributed by atoms with Crippen LogP contribution >= 0.6 is 11.3 Å². The molecule has 2 heterocycles. The van der Waals surface area contributed by atoms with Crippen LogP contribution in [0.2, 0.25) is 0 Å². The van der Waals surface area contributed by atoms with E-state index >= 15 is 0 Å². The fraction of sp³-hybridized carbons (Fsp3) is 0.100. The van der Waals surface area contributed by atoms with Gasteiger partial charge in [0, 0.05) is 10.9 Å². The van der Waals surface area contributed by atoms with E-state index in [1.165, 1.54) is 16.9 Å². The van der Waals surface area contributed by atoms with E-state index in [0.29, 0.717) is 5.13 Å². The molecule has 0 bridgehead atoms. The molecule has 0 saturated heterocycles. The highest BCUT2D eigenvalue weighted by Crippen LogP contribution is 2.28. The van der Waals surface area contributed by atoms with Gasteiger partial charge in [-0.15, -0.1) is 16.4 Å². The summed E-state index contributed by atoms with van der Waals surface area (Å²) in [5.41, 5.74) is 5.36. The van der Waals surface area contributed by atoms with Gasteiger partial charge >= 0.3 is 0 Å². The molecule has 2 aromatic carbocycles. The summed E-state index contributed by atoms with van der Waals surface area (Å²) in [5, 5.41) is 13.2. The molecule has 0 aliphatic carbocycles. The predicted molar refractivity (Wildman–Crippen MR) is 106 cm³/mol. The van der Waals surface area contributed by atoms with Crippen molar-refractivity contribution in [3.05, 3.63) is 76.9 Å². The zero-order valence-corrected chi connectivity index (χ0v) is 15.7. The largest absolute Gasteiger partial charge is 0.296 e. The quantitative estimate of drug-likeness (QED) is 0.578. The van der Waals surface area contributed by atoms with E-state index in [4.69, 9.17) is 0 Å². The molecule has 4 aromatic rings. The highest BCUT2D eigenvalue weighted by atomic mass is 32.1. The number of benzene rings is 2. The van der Waals surface area contributed by atoms with E-state index in [2.05, 4.69) is 52.7 Å². The van der Waals surface area contributed by atoms with Gasteiger partial charge in [0.1, 0.15) is 0 Å². The number of rotatable bonds is 4. The van der Waals surface area contributed by atoms with Crippen molar-refractivity contribution in [2.24, 2.45) is 0 Å². The molecule has 6 nitrogen and oxygen atoms in total. The van der Waals surface area contributed by atoms with Crippen LogP contribution < -0.4 is 5.32 Å². The summed E-state index contributed by atoms with van der Waals surface area (Å²) < 4.78 is 1.57. The van der Waals surface area contributed by atoms with Crippen LogP contribution in [-0.4, -0.2) is 25.9 Å². The highest BCUT2D eigenvalue weighted by molar-refractivity contribution is 7.14. The van der Waals surface area contributed by atoms with Crippen molar-refractivity contribution in [1.29, 1.82) is 0 Å². The average molecular weight is 375 g/mol. The third-order valence-electron chi connectivity index (χ3n) is 4.13. The van der Waals surface area contributed by atoms with Crippen LogP contribution in [0.15, 0.2) is 60.1 Å². The number of para-hydroxylation sites is 1. The first kappa shape index (κ1) is 17.1. The fourth-order valence-corrected chi connectivity index (χ4v) is 3.50. The Morgan fingerprint density at radius 1 is 1.11 bits per heavy atom. The molecular weight excluding hydrogens is 358 g/mol. The smallest absolute Gasteiger partial charge is 0.279 e. The van der Waals surface area contributed by atoms with Crippen molar-refractivity contribution in [3.63, 3.8) is 0 Å². The molecule has 2 aromatic heterocycles. The van der Waals surface area contributed by atoms with Gasteiger partial charge in [-0.1, -0.05) is 47.2 Å². The number of anilines is 1. The number of hydrogen-bond acceptors (Lipinski definition) is 5. The van der Waals surface area contributed by atoms with Gasteiger partial charge in [0.25, 0.3) is 5.91 Å². The molecule has 0 fully saturated rings. The number of hydrogen-bond donors (Lipinski definition) is 1. The molecule has 0 radical (unpaired) electrons. The van der Waals surface area contributed by atoms with Crippen molar-refractivity contribution < 1.29 is 4.79 Å². The first-order valence-electron chi connectivity index (χ1n) is 8.42. The van der Waals surface area contributed by atoms with Crippen LogP contribution in [0.5, 0.6) is 0 Å². The maximum Gasteiger partial charge on any atom is 0.279 e. The summed E-state index contributed by atoms with van der Waals surface area (Å²) in [4.78, 5) is 17.0. The molecular formula is C20H17N5OS. The van der Waals surface area contributed by atoms with Crippen LogP contribution in [0.25, 0.3) is 16.9 Å². The summed E-state index contributed by atoms with van der Waals surface area (Å²) in [5.74, 6) is -0.335. The van der Waals surface area contributed by atoms with E-state index in [9.17, 15) is 4.79 Å². The standard InChI is InChI=1S/C20H17N5OS/c1-13-8-9-16(14(2)10-13)18-12-27-20(21-18)22-19(26)17-11-25(24-23-17)15-6-4-3-5-7-15/h3-12H,1-2H3,(H,21,22,26). The normalized spacial score (nSPS) is 10.7. The van der Waals surface area contributed by atoms with E-state index in [1.807, 2.05) is 35.7 Å². The summed E-state index contributed by atoms with van der Waals surface area (Å²) in [6, 6.07) is 15.7. The van der Waals surface area contributed by atoms with E-state index in [1.54, 1.807) is 10.9 Å². The number of aryl methyl sites for hydroxylation is 2. The SMILES string of the molecule is Cc1ccc(-c2csc(NC(=O)c3cn(-c4ccccc4)nn3)n2)c(C)c1. The number of thiazole rings is 1. The van der Waals surface area contributed by atoms with Gasteiger partial charge in [-0.25, -0.2) is 9.67 Å². The third-order valence-corrected chi connectivity index (χ3v) is 4.89. The Morgan fingerprint density at radius 3 is 2.70 bits per heavy atom. The van der Waals surface area contributed by atoms with E-state index in [0.717, 1.165) is 22.5 Å². The molecule has 4 rings (SSSR count). The number of carbonyl (C=O) groups is 1. The molecule has 0 aliphatic rings. The van der Waals surface area contributed by atoms with Crippen LogP contribution in [0, 0.1) is 13.8 Å². The Hall–Kier alpha value is -3.32. The lowest BCUT2D eigenvalue weighted by Gasteiger charge is -2.03. The second-order valence-corrected chi connectivity index (χ2v) is 7.05. The number of aromatic nitrogens is 4. The van der Waals surface area contributed by atoms with Crippen LogP contribution in [0.3, 0.4) is 0 Å². The Bertz CT molecular complexity index is 1100. The fourth-order valence-electron chi connectivity index (χ4n) is 2.79. The Kier molecular flexibility index (Phi) is 4.52. The minimum atomic E-state index is -0.335.